The van der Waals surface area contributed by atoms with E-state index < -0.39 is 49.9 Å². The van der Waals surface area contributed by atoms with Gasteiger partial charge in [0.2, 0.25) is 15.8 Å². The zero-order valence-corrected chi connectivity index (χ0v) is 11.3. The topological polar surface area (TPSA) is 54.5 Å². The van der Waals surface area contributed by atoms with Crippen LogP contribution < -0.4 is 0 Å². The number of hydrogen-bond donors (Lipinski definition) is 0. The van der Waals surface area contributed by atoms with Gasteiger partial charge < -0.3 is 0 Å². The predicted molar refractivity (Wildman–Crippen MR) is 59.2 cm³/mol. The standard InChI is InChI=1S/C11H8F5NO3S/c1-4(18)5-2-17(3-5)21(19,20)11-9(15)7(13)6(12)8(14)10(11)16/h5H,2-3H2,1H3. The molecule has 0 saturated carbocycles. The lowest BCUT2D eigenvalue weighted by atomic mass is 9.99. The quantitative estimate of drug-likeness (QED) is 0.481. The van der Waals surface area contributed by atoms with Gasteiger partial charge in [0, 0.05) is 19.0 Å². The maximum absolute atomic E-state index is 13.5. The van der Waals surface area contributed by atoms with Crippen LogP contribution in [0, 0.1) is 35.0 Å². The van der Waals surface area contributed by atoms with Gasteiger partial charge in [-0.05, 0) is 6.92 Å². The van der Waals surface area contributed by atoms with Gasteiger partial charge in [-0.3, -0.25) is 4.79 Å². The Bertz CT molecular complexity index is 699. The number of nitrogens with zero attached hydrogens (tertiary/aromatic N) is 1. The summed E-state index contributed by atoms with van der Waals surface area (Å²) in [6.45, 7) is 0.474. The first-order chi connectivity index (χ1) is 9.59. The average Bonchev–Trinajstić information content (AvgIpc) is 2.31. The van der Waals surface area contributed by atoms with E-state index >= 15 is 0 Å². The van der Waals surface area contributed by atoms with Gasteiger partial charge in [-0.25, -0.2) is 30.4 Å². The molecule has 21 heavy (non-hydrogen) atoms. The molecule has 116 valence electrons. The molecule has 0 atom stereocenters. The van der Waals surface area contributed by atoms with E-state index in [0.717, 1.165) is 0 Å². The first-order valence-corrected chi connectivity index (χ1v) is 7.05. The third-order valence-electron chi connectivity index (χ3n) is 3.19. The Balaban J connectivity index is 2.50. The number of carbonyl (C=O) groups excluding carboxylic acids is 1. The fourth-order valence-electron chi connectivity index (χ4n) is 1.83. The summed E-state index contributed by atoms with van der Waals surface area (Å²) in [6, 6.07) is 0. The average molecular weight is 329 g/mol. The lowest BCUT2D eigenvalue weighted by Gasteiger charge is -2.36. The van der Waals surface area contributed by atoms with Crippen molar-refractivity contribution in [3.05, 3.63) is 29.1 Å². The van der Waals surface area contributed by atoms with Crippen LogP contribution in [0.4, 0.5) is 22.0 Å². The van der Waals surface area contributed by atoms with Crippen molar-refractivity contribution < 1.29 is 35.2 Å². The van der Waals surface area contributed by atoms with Crippen LogP contribution in [-0.2, 0) is 14.8 Å². The number of Topliss-reactive ketones (excluding diaryl/α,β-unsaturated/α-hetero) is 1. The molecular formula is C11H8F5NO3S. The van der Waals surface area contributed by atoms with Crippen molar-refractivity contribution in [3.8, 4) is 0 Å². The summed E-state index contributed by atoms with van der Waals surface area (Å²) in [6.07, 6.45) is 0. The monoisotopic (exact) mass is 329 g/mol. The van der Waals surface area contributed by atoms with E-state index in [1.807, 2.05) is 0 Å². The number of carbonyl (C=O) groups is 1. The van der Waals surface area contributed by atoms with Crippen LogP contribution in [0.5, 0.6) is 0 Å². The van der Waals surface area contributed by atoms with Crippen LogP contribution in [0.3, 0.4) is 0 Å². The van der Waals surface area contributed by atoms with Gasteiger partial charge in [-0.2, -0.15) is 4.31 Å². The number of benzene rings is 1. The molecule has 0 aliphatic carbocycles. The smallest absolute Gasteiger partial charge is 0.249 e. The van der Waals surface area contributed by atoms with Gasteiger partial charge in [-0.15, -0.1) is 0 Å². The molecule has 0 radical (unpaired) electrons. The zero-order chi connectivity index (χ0) is 16.1. The molecule has 10 heteroatoms. The Morgan fingerprint density at radius 1 is 0.952 bits per heavy atom. The number of rotatable bonds is 3. The van der Waals surface area contributed by atoms with E-state index in [9.17, 15) is 35.2 Å². The van der Waals surface area contributed by atoms with Crippen molar-refractivity contribution in [1.82, 2.24) is 4.31 Å². The summed E-state index contributed by atoms with van der Waals surface area (Å²) in [5, 5.41) is 0. The van der Waals surface area contributed by atoms with Crippen LogP contribution in [-0.4, -0.2) is 31.6 Å². The summed E-state index contributed by atoms with van der Waals surface area (Å²) in [5.74, 6) is -12.9. The molecule has 1 aliphatic heterocycles. The second kappa shape index (κ2) is 5.02. The third kappa shape index (κ3) is 2.31. The van der Waals surface area contributed by atoms with E-state index in [2.05, 4.69) is 0 Å². The summed E-state index contributed by atoms with van der Waals surface area (Å²) >= 11 is 0. The van der Waals surface area contributed by atoms with E-state index in [-0.39, 0.29) is 18.9 Å². The minimum absolute atomic E-state index is 0.334. The Kier molecular flexibility index (Phi) is 3.79. The van der Waals surface area contributed by atoms with Crippen LogP contribution in [0.2, 0.25) is 0 Å². The van der Waals surface area contributed by atoms with E-state index in [4.69, 9.17) is 0 Å². The lowest BCUT2D eigenvalue weighted by molar-refractivity contribution is -0.123. The van der Waals surface area contributed by atoms with Crippen molar-refractivity contribution >= 4 is 15.8 Å². The van der Waals surface area contributed by atoms with Crippen LogP contribution in [0.15, 0.2) is 4.90 Å². The van der Waals surface area contributed by atoms with Gasteiger partial charge in [-0.1, -0.05) is 0 Å². The molecule has 1 aliphatic rings. The molecule has 1 saturated heterocycles. The van der Waals surface area contributed by atoms with Crippen molar-refractivity contribution in [1.29, 1.82) is 0 Å². The molecule has 1 heterocycles. The van der Waals surface area contributed by atoms with Crippen molar-refractivity contribution in [2.45, 2.75) is 11.8 Å². The second-order valence-electron chi connectivity index (χ2n) is 4.53. The SMILES string of the molecule is CC(=O)C1CN(S(=O)(=O)c2c(F)c(F)c(F)c(F)c2F)C1. The van der Waals surface area contributed by atoms with E-state index in [0.29, 0.717) is 4.31 Å². The van der Waals surface area contributed by atoms with Gasteiger partial charge in [0.05, 0.1) is 0 Å². The molecule has 1 aromatic carbocycles. The van der Waals surface area contributed by atoms with Gasteiger partial charge in [0.15, 0.2) is 28.2 Å². The number of ketones is 1. The number of halogens is 5. The molecule has 0 bridgehead atoms. The highest BCUT2D eigenvalue weighted by Crippen LogP contribution is 2.32. The summed E-state index contributed by atoms with van der Waals surface area (Å²) < 4.78 is 90.2. The highest BCUT2D eigenvalue weighted by molar-refractivity contribution is 7.89. The summed E-state index contributed by atoms with van der Waals surface area (Å²) in [5.41, 5.74) is 0. The van der Waals surface area contributed by atoms with Crippen LogP contribution in [0.1, 0.15) is 6.92 Å². The van der Waals surface area contributed by atoms with Crippen molar-refractivity contribution in [2.24, 2.45) is 5.92 Å². The third-order valence-corrected chi connectivity index (χ3v) is 5.04. The first-order valence-electron chi connectivity index (χ1n) is 5.61. The molecule has 1 aromatic rings. The Labute approximate surface area is 116 Å². The molecule has 0 unspecified atom stereocenters. The van der Waals surface area contributed by atoms with Crippen LogP contribution in [0.25, 0.3) is 0 Å². The normalized spacial score (nSPS) is 16.9. The molecule has 1 fully saturated rings. The molecule has 0 spiro atoms. The molecule has 0 aromatic heterocycles. The highest BCUT2D eigenvalue weighted by atomic mass is 32.2. The molecular weight excluding hydrogens is 321 g/mol. The van der Waals surface area contributed by atoms with E-state index in [1.165, 1.54) is 6.92 Å². The van der Waals surface area contributed by atoms with Crippen molar-refractivity contribution in [2.75, 3.05) is 13.1 Å². The number of sulfonamides is 1. The second-order valence-corrected chi connectivity index (χ2v) is 6.40. The lowest BCUT2D eigenvalue weighted by Crippen LogP contribution is -2.52. The van der Waals surface area contributed by atoms with E-state index in [1.54, 1.807) is 0 Å². The fourth-order valence-corrected chi connectivity index (χ4v) is 3.47. The van der Waals surface area contributed by atoms with Gasteiger partial charge in [0.1, 0.15) is 5.78 Å². The molecule has 0 amide bonds. The highest BCUT2D eigenvalue weighted by Gasteiger charge is 2.43. The Morgan fingerprint density at radius 3 is 1.71 bits per heavy atom. The minimum Gasteiger partial charge on any atom is -0.300 e. The molecule has 0 N–H and O–H groups in total. The maximum Gasteiger partial charge on any atom is 0.249 e. The van der Waals surface area contributed by atoms with Crippen molar-refractivity contribution in [3.63, 3.8) is 0 Å². The summed E-state index contributed by atoms with van der Waals surface area (Å²) in [4.78, 5) is 9.08. The first kappa shape index (κ1) is 15.8. The van der Waals surface area contributed by atoms with Gasteiger partial charge in [0.25, 0.3) is 0 Å². The predicted octanol–water partition coefficient (Wildman–Crippen LogP) is 1.59. The molecule has 4 nitrogen and oxygen atoms in total. The summed E-state index contributed by atoms with van der Waals surface area (Å²) in [7, 11) is -4.91. The minimum atomic E-state index is -4.91. The Hall–Kier alpha value is -1.55. The van der Waals surface area contributed by atoms with Gasteiger partial charge >= 0.3 is 0 Å². The van der Waals surface area contributed by atoms with Crippen LogP contribution >= 0.6 is 0 Å². The zero-order valence-electron chi connectivity index (χ0n) is 10.5. The Morgan fingerprint density at radius 2 is 1.33 bits per heavy atom. The molecule has 2 rings (SSSR count). The number of hydrogen-bond acceptors (Lipinski definition) is 3. The maximum atomic E-state index is 13.5. The fraction of sp³-hybridized carbons (Fsp3) is 0.364. The largest absolute Gasteiger partial charge is 0.300 e.